The van der Waals surface area contributed by atoms with Crippen molar-refractivity contribution in [1.82, 2.24) is 0 Å². The van der Waals surface area contributed by atoms with Crippen molar-refractivity contribution in [2.24, 2.45) is 0 Å². The Bertz CT molecular complexity index is 653. The van der Waals surface area contributed by atoms with E-state index in [4.69, 9.17) is 0 Å². The molecule has 0 saturated heterocycles. The highest BCUT2D eigenvalue weighted by Gasteiger charge is 2.31. The lowest BCUT2D eigenvalue weighted by atomic mass is 10.2. The van der Waals surface area contributed by atoms with Crippen LogP contribution < -0.4 is 5.32 Å². The van der Waals surface area contributed by atoms with Crippen LogP contribution in [-0.2, 0) is 6.18 Å². The summed E-state index contributed by atoms with van der Waals surface area (Å²) in [4.78, 5) is 12.1. The standard InChI is InChI=1S/C12H6BrF4NOS/c13-7-3-4-20-10(7)11(19)18-9-5-6(12(15,16)17)1-2-8(9)14/h1-5H,(H,18,19). The number of benzene rings is 1. The van der Waals surface area contributed by atoms with E-state index >= 15 is 0 Å². The van der Waals surface area contributed by atoms with E-state index in [2.05, 4.69) is 21.2 Å². The predicted octanol–water partition coefficient (Wildman–Crippen LogP) is 4.92. The molecule has 1 aromatic heterocycles. The first kappa shape index (κ1) is 15.0. The Kier molecular flexibility index (Phi) is 4.14. The summed E-state index contributed by atoms with van der Waals surface area (Å²) < 4.78 is 51.6. The number of nitrogens with one attached hydrogen (secondary N) is 1. The van der Waals surface area contributed by atoms with Crippen LogP contribution in [0.1, 0.15) is 15.2 Å². The summed E-state index contributed by atoms with van der Waals surface area (Å²) in [5, 5.41) is 3.76. The highest BCUT2D eigenvalue weighted by Crippen LogP contribution is 2.32. The molecule has 1 aromatic carbocycles. The molecule has 0 radical (unpaired) electrons. The van der Waals surface area contributed by atoms with Gasteiger partial charge in [-0.25, -0.2) is 4.39 Å². The Labute approximate surface area is 123 Å². The van der Waals surface area contributed by atoms with E-state index in [9.17, 15) is 22.4 Å². The number of amides is 1. The van der Waals surface area contributed by atoms with Gasteiger partial charge in [0.05, 0.1) is 11.3 Å². The molecular weight excluding hydrogens is 362 g/mol. The van der Waals surface area contributed by atoms with Gasteiger partial charge in [-0.3, -0.25) is 4.79 Å². The zero-order valence-corrected chi connectivity index (χ0v) is 12.0. The van der Waals surface area contributed by atoms with Crippen LogP contribution in [0.25, 0.3) is 0 Å². The average Bonchev–Trinajstić information content (AvgIpc) is 2.77. The minimum absolute atomic E-state index is 0.252. The second kappa shape index (κ2) is 5.53. The highest BCUT2D eigenvalue weighted by atomic mass is 79.9. The van der Waals surface area contributed by atoms with Gasteiger partial charge in [-0.2, -0.15) is 13.2 Å². The van der Waals surface area contributed by atoms with E-state index in [1.165, 1.54) is 0 Å². The fourth-order valence-corrected chi connectivity index (χ4v) is 2.88. The second-order valence-corrected chi connectivity index (χ2v) is 5.51. The molecule has 1 heterocycles. The van der Waals surface area contributed by atoms with E-state index in [-0.39, 0.29) is 4.88 Å². The maximum absolute atomic E-state index is 13.5. The minimum Gasteiger partial charge on any atom is -0.319 e. The third-order valence-electron chi connectivity index (χ3n) is 2.37. The largest absolute Gasteiger partial charge is 0.416 e. The van der Waals surface area contributed by atoms with E-state index in [1.807, 2.05) is 0 Å². The number of alkyl halides is 3. The zero-order chi connectivity index (χ0) is 14.9. The van der Waals surface area contributed by atoms with Crippen LogP contribution in [0, 0.1) is 5.82 Å². The number of carbonyl (C=O) groups is 1. The fourth-order valence-electron chi connectivity index (χ4n) is 1.43. The lowest BCUT2D eigenvalue weighted by Crippen LogP contribution is -2.13. The Balaban J connectivity index is 2.30. The Morgan fingerprint density at radius 3 is 2.50 bits per heavy atom. The highest BCUT2D eigenvalue weighted by molar-refractivity contribution is 9.10. The van der Waals surface area contributed by atoms with E-state index in [0.29, 0.717) is 22.7 Å². The van der Waals surface area contributed by atoms with Crippen molar-refractivity contribution in [1.29, 1.82) is 0 Å². The third kappa shape index (κ3) is 3.18. The molecule has 0 aliphatic carbocycles. The summed E-state index contributed by atoms with van der Waals surface area (Å²) in [6.45, 7) is 0. The van der Waals surface area contributed by atoms with Crippen LogP contribution in [0.4, 0.5) is 23.2 Å². The number of carbonyl (C=O) groups excluding carboxylic acids is 1. The van der Waals surface area contributed by atoms with E-state index in [1.54, 1.807) is 11.4 Å². The molecule has 0 aliphatic heterocycles. The van der Waals surface area contributed by atoms with E-state index in [0.717, 1.165) is 11.3 Å². The van der Waals surface area contributed by atoms with Gasteiger partial charge >= 0.3 is 6.18 Å². The molecule has 1 N–H and O–H groups in total. The first-order chi connectivity index (χ1) is 9.29. The lowest BCUT2D eigenvalue weighted by molar-refractivity contribution is -0.137. The lowest BCUT2D eigenvalue weighted by Gasteiger charge is -2.10. The number of anilines is 1. The molecule has 2 rings (SSSR count). The van der Waals surface area contributed by atoms with E-state index < -0.39 is 29.2 Å². The predicted molar refractivity (Wildman–Crippen MR) is 71.4 cm³/mol. The molecule has 0 aliphatic rings. The summed E-state index contributed by atoms with van der Waals surface area (Å²) in [6, 6.07) is 3.46. The first-order valence-electron chi connectivity index (χ1n) is 5.20. The molecular formula is C12H6BrF4NOS. The second-order valence-electron chi connectivity index (χ2n) is 3.74. The first-order valence-corrected chi connectivity index (χ1v) is 6.87. The molecule has 0 saturated carbocycles. The number of rotatable bonds is 2. The minimum atomic E-state index is -4.60. The van der Waals surface area contributed by atoms with Crippen molar-refractivity contribution in [2.75, 3.05) is 5.32 Å². The molecule has 1 amide bonds. The van der Waals surface area contributed by atoms with Gasteiger partial charge in [-0.05, 0) is 45.6 Å². The van der Waals surface area contributed by atoms with Crippen molar-refractivity contribution in [3.05, 3.63) is 50.4 Å². The summed E-state index contributed by atoms with van der Waals surface area (Å²) in [7, 11) is 0. The Hall–Kier alpha value is -1.41. The Morgan fingerprint density at radius 1 is 1.25 bits per heavy atom. The molecule has 0 unspecified atom stereocenters. The van der Waals surface area contributed by atoms with Crippen molar-refractivity contribution in [3.63, 3.8) is 0 Å². The number of hydrogen-bond donors (Lipinski definition) is 1. The van der Waals surface area contributed by atoms with Gasteiger partial charge in [0.25, 0.3) is 5.91 Å². The summed E-state index contributed by atoms with van der Waals surface area (Å²) in [5.41, 5.74) is -1.54. The van der Waals surface area contributed by atoms with Gasteiger partial charge in [-0.15, -0.1) is 11.3 Å². The number of thiophene rings is 1. The maximum atomic E-state index is 13.5. The van der Waals surface area contributed by atoms with Crippen molar-refractivity contribution in [3.8, 4) is 0 Å². The van der Waals surface area contributed by atoms with Crippen molar-refractivity contribution in [2.45, 2.75) is 6.18 Å². The summed E-state index contributed by atoms with van der Waals surface area (Å²) in [5.74, 6) is -1.61. The summed E-state index contributed by atoms with van der Waals surface area (Å²) >= 11 is 4.21. The molecule has 20 heavy (non-hydrogen) atoms. The normalized spacial score (nSPS) is 11.4. The van der Waals surface area contributed by atoms with Crippen molar-refractivity contribution >= 4 is 38.9 Å². The third-order valence-corrected chi connectivity index (χ3v) is 4.20. The topological polar surface area (TPSA) is 29.1 Å². The Morgan fingerprint density at radius 2 is 1.95 bits per heavy atom. The molecule has 0 bridgehead atoms. The quantitative estimate of drug-likeness (QED) is 0.749. The van der Waals surface area contributed by atoms with Gasteiger partial charge < -0.3 is 5.32 Å². The number of hydrogen-bond acceptors (Lipinski definition) is 2. The van der Waals surface area contributed by atoms with Gasteiger partial charge in [-0.1, -0.05) is 0 Å². The van der Waals surface area contributed by atoms with Crippen LogP contribution in [0.15, 0.2) is 34.1 Å². The molecule has 0 fully saturated rings. The molecule has 2 nitrogen and oxygen atoms in total. The average molecular weight is 368 g/mol. The molecule has 106 valence electrons. The summed E-state index contributed by atoms with van der Waals surface area (Å²) in [6.07, 6.45) is -4.60. The molecule has 0 atom stereocenters. The monoisotopic (exact) mass is 367 g/mol. The van der Waals surface area contributed by atoms with Gasteiger partial charge in [0.2, 0.25) is 0 Å². The maximum Gasteiger partial charge on any atom is 0.416 e. The number of halogens is 5. The van der Waals surface area contributed by atoms with Crippen LogP contribution in [-0.4, -0.2) is 5.91 Å². The van der Waals surface area contributed by atoms with Gasteiger partial charge in [0.1, 0.15) is 10.7 Å². The van der Waals surface area contributed by atoms with Crippen molar-refractivity contribution < 1.29 is 22.4 Å². The molecule has 0 spiro atoms. The fraction of sp³-hybridized carbons (Fsp3) is 0.0833. The molecule has 2 aromatic rings. The SMILES string of the molecule is O=C(Nc1cc(C(F)(F)F)ccc1F)c1sccc1Br. The van der Waals surface area contributed by atoms with Gasteiger partial charge in [0, 0.05) is 4.47 Å². The van der Waals surface area contributed by atoms with Crippen LogP contribution in [0.3, 0.4) is 0 Å². The zero-order valence-electron chi connectivity index (χ0n) is 9.59. The molecule has 8 heteroatoms. The van der Waals surface area contributed by atoms with Crippen LogP contribution >= 0.6 is 27.3 Å². The van der Waals surface area contributed by atoms with Gasteiger partial charge in [0.15, 0.2) is 0 Å². The smallest absolute Gasteiger partial charge is 0.319 e. The van der Waals surface area contributed by atoms with Crippen LogP contribution in [0.2, 0.25) is 0 Å². The van der Waals surface area contributed by atoms with Crippen LogP contribution in [0.5, 0.6) is 0 Å².